The van der Waals surface area contributed by atoms with Crippen LogP contribution in [0, 0.1) is 17.8 Å². The second-order valence-electron chi connectivity index (χ2n) is 12.6. The van der Waals surface area contributed by atoms with Gasteiger partial charge in [-0.05, 0) is 121 Å². The zero-order chi connectivity index (χ0) is 29.7. The molecule has 3 aromatic rings. The van der Waals surface area contributed by atoms with Crippen LogP contribution in [0.25, 0.3) is 6.08 Å². The Hall–Kier alpha value is -4.72. The lowest BCUT2D eigenvalue weighted by Gasteiger charge is -2.57. The zero-order valence-electron chi connectivity index (χ0n) is 23.6. The molecule has 0 aromatic heterocycles. The molecule has 8 rings (SSSR count). The largest absolute Gasteiger partial charge is 0.489 e. The Morgan fingerprint density at radius 1 is 0.860 bits per heavy atom. The summed E-state index contributed by atoms with van der Waals surface area (Å²) in [6.45, 7) is 0.250. The number of nitrogens with zero attached hydrogens (tertiary/aromatic N) is 1. The molecule has 8 heteroatoms. The van der Waals surface area contributed by atoms with Crippen LogP contribution in [0.2, 0.25) is 0 Å². The third-order valence-corrected chi connectivity index (χ3v) is 9.68. The van der Waals surface area contributed by atoms with Crippen LogP contribution < -0.4 is 15.0 Å². The minimum absolute atomic E-state index is 0.128. The SMILES string of the molecule is O=C1NC(=O)N(c2ccc(C34CC5CC(CC(C5)C3)C4)cc2)C(=O)/C1=C/c1ccc(OCc2ccc(C(=O)O)cc2)cc1. The average Bonchev–Trinajstić information content (AvgIpc) is 2.98. The molecule has 2 N–H and O–H groups in total. The number of urea groups is 1. The molecule has 4 saturated carbocycles. The van der Waals surface area contributed by atoms with Crippen molar-refractivity contribution in [3.05, 3.63) is 101 Å². The van der Waals surface area contributed by atoms with Crippen molar-refractivity contribution >= 4 is 35.6 Å². The van der Waals surface area contributed by atoms with E-state index in [0.29, 0.717) is 17.0 Å². The van der Waals surface area contributed by atoms with Crippen molar-refractivity contribution in [2.75, 3.05) is 4.90 Å². The second-order valence-corrected chi connectivity index (χ2v) is 12.6. The molecule has 5 aliphatic rings. The monoisotopic (exact) mass is 576 g/mol. The van der Waals surface area contributed by atoms with Crippen LogP contribution in [-0.4, -0.2) is 28.9 Å². The van der Waals surface area contributed by atoms with Crippen molar-refractivity contribution in [3.8, 4) is 5.75 Å². The second kappa shape index (κ2) is 10.5. The average molecular weight is 577 g/mol. The first-order valence-corrected chi connectivity index (χ1v) is 14.8. The van der Waals surface area contributed by atoms with Gasteiger partial charge in [-0.25, -0.2) is 14.5 Å². The lowest BCUT2D eigenvalue weighted by Crippen LogP contribution is -2.54. The van der Waals surface area contributed by atoms with E-state index in [0.717, 1.165) is 28.2 Å². The number of hydrogen-bond acceptors (Lipinski definition) is 5. The summed E-state index contributed by atoms with van der Waals surface area (Å²) in [6, 6.07) is 20.4. The zero-order valence-corrected chi connectivity index (χ0v) is 23.6. The molecular weight excluding hydrogens is 544 g/mol. The molecule has 0 spiro atoms. The van der Waals surface area contributed by atoms with Gasteiger partial charge in [-0.1, -0.05) is 36.4 Å². The Kier molecular flexibility index (Phi) is 6.64. The molecule has 0 atom stereocenters. The molecular formula is C35H32N2O6. The van der Waals surface area contributed by atoms with E-state index < -0.39 is 23.8 Å². The maximum Gasteiger partial charge on any atom is 0.335 e. The highest BCUT2D eigenvalue weighted by Crippen LogP contribution is 2.60. The molecule has 4 aliphatic carbocycles. The maximum absolute atomic E-state index is 13.5. The summed E-state index contributed by atoms with van der Waals surface area (Å²) in [5.74, 6) is 0.635. The van der Waals surface area contributed by atoms with Crippen molar-refractivity contribution in [3.63, 3.8) is 0 Å². The van der Waals surface area contributed by atoms with Gasteiger partial charge in [0.05, 0.1) is 11.3 Å². The summed E-state index contributed by atoms with van der Waals surface area (Å²) in [4.78, 5) is 51.0. The van der Waals surface area contributed by atoms with E-state index in [1.54, 1.807) is 36.4 Å². The molecule has 3 aromatic carbocycles. The summed E-state index contributed by atoms with van der Waals surface area (Å²) >= 11 is 0. The minimum atomic E-state index is -0.986. The fraction of sp³-hybridized carbons (Fsp3) is 0.314. The van der Waals surface area contributed by atoms with Gasteiger partial charge in [0.15, 0.2) is 0 Å². The van der Waals surface area contributed by atoms with Crippen LogP contribution in [-0.2, 0) is 21.6 Å². The van der Waals surface area contributed by atoms with Gasteiger partial charge in [0.1, 0.15) is 17.9 Å². The third-order valence-electron chi connectivity index (χ3n) is 9.68. The first kappa shape index (κ1) is 27.1. The Balaban J connectivity index is 1.05. The maximum atomic E-state index is 13.5. The van der Waals surface area contributed by atoms with Gasteiger partial charge in [0.25, 0.3) is 11.8 Å². The number of carboxylic acid groups (broad SMARTS) is 1. The number of imide groups is 2. The first-order chi connectivity index (χ1) is 20.8. The summed E-state index contributed by atoms with van der Waals surface area (Å²) in [5, 5.41) is 11.3. The number of anilines is 1. The number of barbiturate groups is 1. The molecule has 43 heavy (non-hydrogen) atoms. The third kappa shape index (κ3) is 5.11. The van der Waals surface area contributed by atoms with Gasteiger partial charge in [-0.2, -0.15) is 0 Å². The standard InChI is InChI=1S/C35H32N2O6/c38-31-30(16-21-3-11-29(12-4-21)43-20-22-1-5-26(6-2-22)33(40)41)32(39)37(34(42)36-31)28-9-7-27(8-10-28)35-17-23-13-24(18-35)15-25(14-23)19-35/h1-12,16,23-25H,13-15,17-20H2,(H,40,41)(H,36,38,42)/b30-16+. The smallest absolute Gasteiger partial charge is 0.335 e. The van der Waals surface area contributed by atoms with Crippen LogP contribution in [0.5, 0.6) is 5.75 Å². The summed E-state index contributed by atoms with van der Waals surface area (Å²) in [5.41, 5.74) is 3.44. The quantitative estimate of drug-likeness (QED) is 0.260. The number of ether oxygens (including phenoxy) is 1. The number of aromatic carboxylic acids is 1. The van der Waals surface area contributed by atoms with E-state index in [4.69, 9.17) is 9.84 Å². The Morgan fingerprint density at radius 3 is 2.05 bits per heavy atom. The molecule has 1 heterocycles. The van der Waals surface area contributed by atoms with Gasteiger partial charge in [0.2, 0.25) is 0 Å². The van der Waals surface area contributed by atoms with E-state index in [1.165, 1.54) is 62.3 Å². The first-order valence-electron chi connectivity index (χ1n) is 14.8. The molecule has 218 valence electrons. The van der Waals surface area contributed by atoms with Crippen LogP contribution in [0.4, 0.5) is 10.5 Å². The van der Waals surface area contributed by atoms with Crippen LogP contribution >= 0.6 is 0 Å². The highest BCUT2D eigenvalue weighted by Gasteiger charge is 2.51. The Morgan fingerprint density at radius 2 is 1.47 bits per heavy atom. The number of carbonyl (C=O) groups is 4. The topological polar surface area (TPSA) is 113 Å². The summed E-state index contributed by atoms with van der Waals surface area (Å²) in [7, 11) is 0. The van der Waals surface area contributed by atoms with Gasteiger partial charge in [-0.15, -0.1) is 0 Å². The molecule has 4 amide bonds. The van der Waals surface area contributed by atoms with Crippen LogP contribution in [0.1, 0.15) is 65.6 Å². The normalized spacial score (nSPS) is 27.0. The predicted molar refractivity (Wildman–Crippen MR) is 159 cm³/mol. The van der Waals surface area contributed by atoms with E-state index in [2.05, 4.69) is 17.4 Å². The van der Waals surface area contributed by atoms with Crippen LogP contribution in [0.15, 0.2) is 78.4 Å². The Bertz CT molecular complexity index is 1600. The van der Waals surface area contributed by atoms with Crippen molar-refractivity contribution in [1.82, 2.24) is 5.32 Å². The van der Waals surface area contributed by atoms with Crippen molar-refractivity contribution in [2.24, 2.45) is 17.8 Å². The highest BCUT2D eigenvalue weighted by molar-refractivity contribution is 6.39. The van der Waals surface area contributed by atoms with Crippen LogP contribution in [0.3, 0.4) is 0 Å². The van der Waals surface area contributed by atoms with Crippen molar-refractivity contribution < 1.29 is 29.0 Å². The lowest BCUT2D eigenvalue weighted by molar-refractivity contribution is -0.122. The van der Waals surface area contributed by atoms with Crippen molar-refractivity contribution in [1.29, 1.82) is 0 Å². The number of amides is 4. The van der Waals surface area contributed by atoms with Gasteiger partial charge in [0, 0.05) is 0 Å². The Labute approximate surface area is 249 Å². The highest BCUT2D eigenvalue weighted by atomic mass is 16.5. The number of carboxylic acids is 1. The molecule has 5 fully saturated rings. The van der Waals surface area contributed by atoms with E-state index >= 15 is 0 Å². The molecule has 0 unspecified atom stereocenters. The number of hydrogen-bond donors (Lipinski definition) is 2. The van der Waals surface area contributed by atoms with E-state index in [-0.39, 0.29) is 23.2 Å². The molecule has 8 nitrogen and oxygen atoms in total. The van der Waals surface area contributed by atoms with E-state index in [1.807, 2.05) is 12.1 Å². The summed E-state index contributed by atoms with van der Waals surface area (Å²) in [6.07, 6.45) is 9.25. The number of carbonyl (C=O) groups excluding carboxylic acids is 3. The van der Waals surface area contributed by atoms with Gasteiger partial charge >= 0.3 is 12.0 Å². The molecule has 4 bridgehead atoms. The molecule has 1 saturated heterocycles. The fourth-order valence-electron chi connectivity index (χ4n) is 8.06. The summed E-state index contributed by atoms with van der Waals surface area (Å²) < 4.78 is 5.79. The fourth-order valence-corrected chi connectivity index (χ4v) is 8.06. The predicted octanol–water partition coefficient (Wildman–Crippen LogP) is 6.10. The van der Waals surface area contributed by atoms with E-state index in [9.17, 15) is 19.2 Å². The minimum Gasteiger partial charge on any atom is -0.489 e. The number of benzene rings is 3. The van der Waals surface area contributed by atoms with Gasteiger partial charge < -0.3 is 9.84 Å². The van der Waals surface area contributed by atoms with Crippen molar-refractivity contribution in [2.45, 2.75) is 50.5 Å². The molecule has 0 radical (unpaired) electrons. The van der Waals surface area contributed by atoms with Gasteiger partial charge in [-0.3, -0.25) is 14.9 Å². The molecule has 1 aliphatic heterocycles. The lowest BCUT2D eigenvalue weighted by atomic mass is 9.48. The number of nitrogens with one attached hydrogen (secondary N) is 1. The number of rotatable bonds is 7.